The molecule has 1 aromatic carbocycles. The number of hydrogen-bond donors (Lipinski definition) is 2. The standard InChI is InChI=1S/C19H30N2O2/c1-13(2)15-7-9-16(10-8-15)20-17(22)11-14(3)12-18(23)21-19(4,5)6/h7-10,13-14H,11-12H2,1-6H3,(H,20,22)(H,21,23)/t14-/m0/s1. The van der Waals surface area contributed by atoms with E-state index in [1.807, 2.05) is 52.0 Å². The average molecular weight is 318 g/mol. The summed E-state index contributed by atoms with van der Waals surface area (Å²) in [6.45, 7) is 12.0. The lowest BCUT2D eigenvalue weighted by molar-refractivity contribution is -0.123. The molecule has 2 N–H and O–H groups in total. The molecular formula is C19H30N2O2. The maximum Gasteiger partial charge on any atom is 0.224 e. The zero-order valence-electron chi connectivity index (χ0n) is 15.2. The minimum Gasteiger partial charge on any atom is -0.352 e. The van der Waals surface area contributed by atoms with Crippen LogP contribution in [0.15, 0.2) is 24.3 Å². The lowest BCUT2D eigenvalue weighted by atomic mass is 10.0. The summed E-state index contributed by atoms with van der Waals surface area (Å²) in [6.07, 6.45) is 0.695. The van der Waals surface area contributed by atoms with Crippen LogP contribution in [-0.2, 0) is 9.59 Å². The molecule has 23 heavy (non-hydrogen) atoms. The molecule has 1 atom stereocenters. The molecule has 2 amide bonds. The van der Waals surface area contributed by atoms with Gasteiger partial charge in [0.1, 0.15) is 0 Å². The first kappa shape index (κ1) is 19.2. The summed E-state index contributed by atoms with van der Waals surface area (Å²) in [4.78, 5) is 23.9. The monoisotopic (exact) mass is 318 g/mol. The molecule has 1 rings (SSSR count). The van der Waals surface area contributed by atoms with Crippen LogP contribution in [-0.4, -0.2) is 17.4 Å². The van der Waals surface area contributed by atoms with E-state index in [0.29, 0.717) is 18.8 Å². The second kappa shape index (κ2) is 8.14. The van der Waals surface area contributed by atoms with Gasteiger partial charge >= 0.3 is 0 Å². The van der Waals surface area contributed by atoms with Crippen molar-refractivity contribution < 1.29 is 9.59 Å². The zero-order valence-corrected chi connectivity index (χ0v) is 15.2. The number of carbonyl (C=O) groups is 2. The van der Waals surface area contributed by atoms with E-state index in [0.717, 1.165) is 5.69 Å². The number of nitrogens with one attached hydrogen (secondary N) is 2. The maximum absolute atomic E-state index is 12.1. The Bertz CT molecular complexity index is 527. The fourth-order valence-electron chi connectivity index (χ4n) is 2.34. The number of benzene rings is 1. The molecule has 0 radical (unpaired) electrons. The zero-order chi connectivity index (χ0) is 17.6. The summed E-state index contributed by atoms with van der Waals surface area (Å²) in [5.74, 6) is 0.408. The van der Waals surface area contributed by atoms with Crippen molar-refractivity contribution in [2.75, 3.05) is 5.32 Å². The summed E-state index contributed by atoms with van der Waals surface area (Å²) in [5, 5.41) is 5.81. The van der Waals surface area contributed by atoms with Crippen LogP contribution in [0.4, 0.5) is 5.69 Å². The third-order valence-electron chi connectivity index (χ3n) is 3.44. The lowest BCUT2D eigenvalue weighted by Crippen LogP contribution is -2.41. The van der Waals surface area contributed by atoms with Crippen LogP contribution in [0, 0.1) is 5.92 Å². The Labute approximate surface area is 140 Å². The van der Waals surface area contributed by atoms with Crippen molar-refractivity contribution in [2.45, 2.75) is 65.8 Å². The van der Waals surface area contributed by atoms with Gasteiger partial charge in [0.2, 0.25) is 11.8 Å². The first-order valence-corrected chi connectivity index (χ1v) is 8.27. The van der Waals surface area contributed by atoms with Crippen LogP contribution in [0.3, 0.4) is 0 Å². The first-order chi connectivity index (χ1) is 10.6. The molecule has 4 heteroatoms. The Kier molecular flexibility index (Phi) is 6.79. The van der Waals surface area contributed by atoms with Gasteiger partial charge in [-0.05, 0) is 50.3 Å². The highest BCUT2D eigenvalue weighted by atomic mass is 16.2. The molecule has 4 nitrogen and oxygen atoms in total. The largest absolute Gasteiger partial charge is 0.352 e. The predicted octanol–water partition coefficient (Wildman–Crippen LogP) is 4.08. The van der Waals surface area contributed by atoms with Crippen LogP contribution in [0.2, 0.25) is 0 Å². The molecule has 0 heterocycles. The lowest BCUT2D eigenvalue weighted by Gasteiger charge is -2.21. The molecule has 0 saturated carbocycles. The second-order valence-corrected chi connectivity index (χ2v) is 7.64. The molecular weight excluding hydrogens is 288 g/mol. The normalized spacial score (nSPS) is 12.8. The van der Waals surface area contributed by atoms with Crippen molar-refractivity contribution in [3.05, 3.63) is 29.8 Å². The third kappa shape index (κ3) is 7.82. The SMILES string of the molecule is CC(C)c1ccc(NC(=O)C[C@H](C)CC(=O)NC(C)(C)C)cc1. The third-order valence-corrected chi connectivity index (χ3v) is 3.44. The first-order valence-electron chi connectivity index (χ1n) is 8.27. The van der Waals surface area contributed by atoms with Crippen molar-refractivity contribution in [2.24, 2.45) is 5.92 Å². The number of carbonyl (C=O) groups excluding carboxylic acids is 2. The van der Waals surface area contributed by atoms with E-state index < -0.39 is 0 Å². The van der Waals surface area contributed by atoms with Crippen molar-refractivity contribution in [3.8, 4) is 0 Å². The van der Waals surface area contributed by atoms with E-state index in [9.17, 15) is 9.59 Å². The fraction of sp³-hybridized carbons (Fsp3) is 0.579. The molecule has 0 aromatic heterocycles. The van der Waals surface area contributed by atoms with Gasteiger partial charge in [-0.25, -0.2) is 0 Å². The van der Waals surface area contributed by atoms with E-state index >= 15 is 0 Å². The van der Waals surface area contributed by atoms with Crippen LogP contribution in [0.1, 0.15) is 65.9 Å². The molecule has 0 aliphatic heterocycles. The van der Waals surface area contributed by atoms with Gasteiger partial charge in [0.25, 0.3) is 0 Å². The van der Waals surface area contributed by atoms with Gasteiger partial charge in [0, 0.05) is 24.1 Å². The summed E-state index contributed by atoms with van der Waals surface area (Å²) in [7, 11) is 0. The smallest absolute Gasteiger partial charge is 0.224 e. The summed E-state index contributed by atoms with van der Waals surface area (Å²) in [5.41, 5.74) is 1.80. The van der Waals surface area contributed by atoms with Crippen LogP contribution < -0.4 is 10.6 Å². The molecule has 0 bridgehead atoms. The average Bonchev–Trinajstić information content (AvgIpc) is 2.36. The highest BCUT2D eigenvalue weighted by molar-refractivity contribution is 5.91. The second-order valence-electron chi connectivity index (χ2n) is 7.64. The van der Waals surface area contributed by atoms with E-state index in [-0.39, 0.29) is 23.3 Å². The number of hydrogen-bond acceptors (Lipinski definition) is 2. The van der Waals surface area contributed by atoms with E-state index in [4.69, 9.17) is 0 Å². The Morgan fingerprint density at radius 2 is 1.48 bits per heavy atom. The van der Waals surface area contributed by atoms with Crippen LogP contribution in [0.25, 0.3) is 0 Å². The molecule has 1 aromatic rings. The highest BCUT2D eigenvalue weighted by Crippen LogP contribution is 2.18. The van der Waals surface area contributed by atoms with Crippen LogP contribution >= 0.6 is 0 Å². The van der Waals surface area contributed by atoms with Gasteiger partial charge in [0.15, 0.2) is 0 Å². The molecule has 0 spiro atoms. The Hall–Kier alpha value is -1.84. The van der Waals surface area contributed by atoms with Gasteiger partial charge in [-0.3, -0.25) is 9.59 Å². The molecule has 0 saturated heterocycles. The van der Waals surface area contributed by atoms with Crippen LogP contribution in [0.5, 0.6) is 0 Å². The molecule has 0 unspecified atom stereocenters. The summed E-state index contributed by atoms with van der Waals surface area (Å²) < 4.78 is 0. The molecule has 128 valence electrons. The Morgan fingerprint density at radius 1 is 0.957 bits per heavy atom. The van der Waals surface area contributed by atoms with Gasteiger partial charge in [-0.2, -0.15) is 0 Å². The highest BCUT2D eigenvalue weighted by Gasteiger charge is 2.18. The fourth-order valence-corrected chi connectivity index (χ4v) is 2.34. The minimum absolute atomic E-state index is 0.00675. The Morgan fingerprint density at radius 3 is 1.96 bits per heavy atom. The van der Waals surface area contributed by atoms with Gasteiger partial charge in [-0.15, -0.1) is 0 Å². The summed E-state index contributed by atoms with van der Waals surface area (Å²) in [6, 6.07) is 7.90. The van der Waals surface area contributed by atoms with E-state index in [1.165, 1.54) is 5.56 Å². The molecule has 0 fully saturated rings. The number of rotatable bonds is 6. The van der Waals surface area contributed by atoms with E-state index in [1.54, 1.807) is 0 Å². The van der Waals surface area contributed by atoms with Gasteiger partial charge in [0.05, 0.1) is 0 Å². The molecule has 0 aliphatic rings. The van der Waals surface area contributed by atoms with Crippen molar-refractivity contribution in [3.63, 3.8) is 0 Å². The quantitative estimate of drug-likeness (QED) is 0.830. The maximum atomic E-state index is 12.1. The Balaban J connectivity index is 2.45. The van der Waals surface area contributed by atoms with E-state index in [2.05, 4.69) is 24.5 Å². The van der Waals surface area contributed by atoms with Gasteiger partial charge < -0.3 is 10.6 Å². The minimum atomic E-state index is -0.239. The molecule has 0 aliphatic carbocycles. The predicted molar refractivity (Wildman–Crippen MR) is 95.5 cm³/mol. The van der Waals surface area contributed by atoms with Crippen molar-refractivity contribution >= 4 is 17.5 Å². The van der Waals surface area contributed by atoms with Crippen molar-refractivity contribution in [1.29, 1.82) is 0 Å². The summed E-state index contributed by atoms with van der Waals surface area (Å²) >= 11 is 0. The number of anilines is 1. The number of amides is 2. The van der Waals surface area contributed by atoms with Gasteiger partial charge in [-0.1, -0.05) is 32.9 Å². The topological polar surface area (TPSA) is 58.2 Å². The van der Waals surface area contributed by atoms with Crippen molar-refractivity contribution in [1.82, 2.24) is 5.32 Å².